The molecule has 7 nitrogen and oxygen atoms in total. The van der Waals surface area contributed by atoms with Crippen molar-refractivity contribution in [2.75, 3.05) is 0 Å². The van der Waals surface area contributed by atoms with E-state index in [2.05, 4.69) is 4.31 Å². The van der Waals surface area contributed by atoms with E-state index in [1.807, 2.05) is 0 Å². The summed E-state index contributed by atoms with van der Waals surface area (Å²) in [5, 5.41) is 0. The molecule has 0 heterocycles. The Labute approximate surface area is 199 Å². The van der Waals surface area contributed by atoms with E-state index in [0.717, 1.165) is 0 Å². The van der Waals surface area contributed by atoms with E-state index in [9.17, 15) is 28.7 Å². The Balaban J connectivity index is -0.0000000324. The summed E-state index contributed by atoms with van der Waals surface area (Å²) in [6.45, 7) is 0. The standard InChI is InChI=1S/2ClH.4Na.H4O7P2.Sn/c;;;;;;1-8(2,3)7-9(4,5)6;/h2*1H;;;;;(H2,1,2,3)(H2,4,5,6);/q;;4*+1;;+2/p-6. The van der Waals surface area contributed by atoms with Crippen LogP contribution in [0.15, 0.2) is 0 Å². The molecule has 0 fully saturated rings. The number of hydrogen-bond acceptors (Lipinski definition) is 7. The molecule has 0 unspecified atom stereocenters. The molecule has 74 valence electrons. The van der Waals surface area contributed by atoms with Crippen molar-refractivity contribution in [3.8, 4) is 0 Å². The fraction of sp³-hybridized carbons (Fsp3) is 0. The molecule has 0 saturated carbocycles. The SMILES string of the molecule is O=P([O-])([O-])OP(=O)([O-])[O-].[Cl][Sn][Cl].[Na+].[Na+].[Na+].[Na+]. The fourth-order valence-electron chi connectivity index (χ4n) is 0.122. The normalized spacial score (nSPS) is 8.88. The second-order valence-corrected chi connectivity index (χ2v) is 7.73. The van der Waals surface area contributed by atoms with E-state index in [1.165, 1.54) is 0 Å². The first-order valence-electron chi connectivity index (χ1n) is 1.84. The molecule has 0 aliphatic rings. The molecule has 0 rings (SSSR count). The van der Waals surface area contributed by atoms with Gasteiger partial charge >= 0.3 is 155 Å². The maximum absolute atomic E-state index is 9.32. The minimum absolute atomic E-state index is 0. The summed E-state index contributed by atoms with van der Waals surface area (Å²) >= 11 is -0.826. The van der Waals surface area contributed by atoms with Gasteiger partial charge in [0.2, 0.25) is 0 Å². The number of rotatable bonds is 2. The Morgan fingerprint density at radius 2 is 0.938 bits per heavy atom. The van der Waals surface area contributed by atoms with Crippen LogP contribution in [0, 0.1) is 0 Å². The monoisotopic (exact) mass is 456 g/mol. The van der Waals surface area contributed by atoms with Crippen molar-refractivity contribution in [3.63, 3.8) is 0 Å². The quantitative estimate of drug-likeness (QED) is 0.298. The molecule has 16 heteroatoms. The molecule has 0 N–H and O–H groups in total. The molecule has 2 radical (unpaired) electrons. The Bertz CT molecular complexity index is 185. The number of hydrogen-bond donors (Lipinski definition) is 0. The van der Waals surface area contributed by atoms with Gasteiger partial charge in [-0.15, -0.1) is 0 Å². The predicted octanol–water partition coefficient (Wildman–Crippen LogP) is -14.3. The average Bonchev–Trinajstić information content (AvgIpc) is 1.53. The largest absolute Gasteiger partial charge is 1.00 e. The molecule has 0 aliphatic heterocycles. The van der Waals surface area contributed by atoms with Gasteiger partial charge in [-0.05, 0) is 0 Å². The minimum atomic E-state index is -5.68. The Morgan fingerprint density at radius 1 is 0.812 bits per heavy atom. The first-order chi connectivity index (χ1) is 5.12. The maximum atomic E-state index is 9.32. The molecule has 0 saturated heterocycles. The van der Waals surface area contributed by atoms with Gasteiger partial charge in [0.25, 0.3) is 0 Å². The third kappa shape index (κ3) is 50.4. The molecule has 0 amide bonds. The van der Waals surface area contributed by atoms with E-state index in [0.29, 0.717) is 0 Å². The van der Waals surface area contributed by atoms with Crippen LogP contribution in [-0.4, -0.2) is 18.9 Å². The zero-order valence-electron chi connectivity index (χ0n) is 9.01. The van der Waals surface area contributed by atoms with Crippen LogP contribution in [0.2, 0.25) is 0 Å². The zero-order valence-corrected chi connectivity index (χ0v) is 23.2. The smallest absolute Gasteiger partial charge is 1.00 e. The van der Waals surface area contributed by atoms with Crippen LogP contribution >= 0.6 is 33.5 Å². The summed E-state index contributed by atoms with van der Waals surface area (Å²) < 4.78 is 21.2. The minimum Gasteiger partial charge on any atom is 1.00 e. The average molecular weight is 456 g/mol. The van der Waals surface area contributed by atoms with Crippen LogP contribution in [0.4, 0.5) is 0 Å². The van der Waals surface area contributed by atoms with Crippen LogP contribution in [0.25, 0.3) is 0 Å². The van der Waals surface area contributed by atoms with Crippen molar-refractivity contribution in [1.29, 1.82) is 0 Å². The first kappa shape index (κ1) is 37.7. The molecule has 0 bridgehead atoms. The van der Waals surface area contributed by atoms with Gasteiger partial charge in [-0.2, -0.15) is 0 Å². The van der Waals surface area contributed by atoms with Crippen molar-refractivity contribution in [3.05, 3.63) is 0 Å². The second kappa shape index (κ2) is 20.6. The third-order valence-electron chi connectivity index (χ3n) is 0.200. The molecule has 0 aromatic heterocycles. The molecular formula is Cl2Na4O7P2Sn. The van der Waals surface area contributed by atoms with Gasteiger partial charge in [0, 0.05) is 0 Å². The first-order valence-corrected chi connectivity index (χ1v) is 12.0. The Morgan fingerprint density at radius 3 is 0.938 bits per heavy atom. The van der Waals surface area contributed by atoms with Gasteiger partial charge in [-0.25, -0.2) is 0 Å². The van der Waals surface area contributed by atoms with Crippen molar-refractivity contribution < 1.29 is 151 Å². The summed E-state index contributed by atoms with van der Waals surface area (Å²) in [6.07, 6.45) is 0. The van der Waals surface area contributed by atoms with Gasteiger partial charge in [-0.3, -0.25) is 0 Å². The van der Waals surface area contributed by atoms with E-state index >= 15 is 0 Å². The summed E-state index contributed by atoms with van der Waals surface area (Å²) in [7, 11) is -1.48. The fourth-order valence-corrected chi connectivity index (χ4v) is 1.10. The van der Waals surface area contributed by atoms with Gasteiger partial charge in [0.05, 0.1) is 15.6 Å². The van der Waals surface area contributed by atoms with E-state index in [4.69, 9.17) is 17.8 Å². The molecular weight excluding hydrogens is 456 g/mol. The summed E-state index contributed by atoms with van der Waals surface area (Å²) in [5.74, 6) is 0. The molecule has 0 spiro atoms. The van der Waals surface area contributed by atoms with Crippen molar-refractivity contribution >= 4 is 52.4 Å². The van der Waals surface area contributed by atoms with Crippen molar-refractivity contribution in [2.24, 2.45) is 0 Å². The zero-order chi connectivity index (χ0) is 10.4. The second-order valence-electron chi connectivity index (χ2n) is 1.05. The van der Waals surface area contributed by atoms with Crippen LogP contribution < -0.4 is 138 Å². The van der Waals surface area contributed by atoms with Gasteiger partial charge < -0.3 is 33.0 Å². The van der Waals surface area contributed by atoms with Crippen LogP contribution in [0.3, 0.4) is 0 Å². The number of halogens is 2. The summed E-state index contributed by atoms with van der Waals surface area (Å²) in [4.78, 5) is 37.3. The maximum Gasteiger partial charge on any atom is 1.00 e. The number of phosphoric acid groups is 2. The molecule has 0 atom stereocenters. The molecule has 16 heavy (non-hydrogen) atoms. The van der Waals surface area contributed by atoms with Crippen LogP contribution in [0.5, 0.6) is 0 Å². The van der Waals surface area contributed by atoms with Crippen molar-refractivity contribution in [2.45, 2.75) is 0 Å². The topological polar surface area (TPSA) is 136 Å². The molecule has 0 aliphatic carbocycles. The van der Waals surface area contributed by atoms with Crippen LogP contribution in [-0.2, 0) is 13.4 Å². The van der Waals surface area contributed by atoms with E-state index in [-0.39, 0.29) is 118 Å². The van der Waals surface area contributed by atoms with Gasteiger partial charge in [0.15, 0.2) is 0 Å². The Kier molecular flexibility index (Phi) is 48.6. The summed E-state index contributed by atoms with van der Waals surface area (Å²) in [5.41, 5.74) is 0. The van der Waals surface area contributed by atoms with Gasteiger partial charge in [0.1, 0.15) is 0 Å². The van der Waals surface area contributed by atoms with Crippen LogP contribution in [0.1, 0.15) is 0 Å². The molecule has 0 aromatic carbocycles. The van der Waals surface area contributed by atoms with Gasteiger partial charge in [-0.1, -0.05) is 0 Å². The summed E-state index contributed by atoms with van der Waals surface area (Å²) in [6, 6.07) is 0. The van der Waals surface area contributed by atoms with E-state index in [1.54, 1.807) is 0 Å². The third-order valence-corrected chi connectivity index (χ3v) is 1.80. The van der Waals surface area contributed by atoms with E-state index < -0.39 is 34.5 Å². The van der Waals surface area contributed by atoms with Crippen molar-refractivity contribution in [1.82, 2.24) is 0 Å². The Hall–Kier alpha value is 5.64. The predicted molar refractivity (Wildman–Crippen MR) is 33.8 cm³/mol. The molecule has 0 aromatic rings.